The summed E-state index contributed by atoms with van der Waals surface area (Å²) in [7, 11) is 0. The average Bonchev–Trinajstić information content (AvgIpc) is 3.31. The number of aryl methyl sites for hydroxylation is 1. The number of anilines is 1. The van der Waals surface area contributed by atoms with Crippen LogP contribution in [0.15, 0.2) is 28.5 Å². The van der Waals surface area contributed by atoms with Gasteiger partial charge in [-0.2, -0.15) is 5.26 Å². The highest BCUT2D eigenvalue weighted by Crippen LogP contribution is 2.41. The van der Waals surface area contributed by atoms with E-state index in [0.29, 0.717) is 47.4 Å². The van der Waals surface area contributed by atoms with E-state index in [1.165, 1.54) is 18.1 Å². The average molecular weight is 537 g/mol. The van der Waals surface area contributed by atoms with Gasteiger partial charge in [0.2, 0.25) is 12.7 Å². The van der Waals surface area contributed by atoms with Gasteiger partial charge in [0.25, 0.3) is 0 Å². The lowest BCUT2D eigenvalue weighted by Crippen LogP contribution is -2.24. The van der Waals surface area contributed by atoms with Crippen molar-refractivity contribution < 1.29 is 14.3 Å². The Labute approximate surface area is 189 Å². The molecule has 1 amide bonds. The van der Waals surface area contributed by atoms with Crippen LogP contribution in [0, 0.1) is 14.9 Å². The lowest BCUT2D eigenvalue weighted by molar-refractivity contribution is -0.120. The lowest BCUT2D eigenvalue weighted by Gasteiger charge is -2.10. The molecule has 0 saturated heterocycles. The molecule has 12 heteroatoms. The number of carbonyl (C=O) groups excluding carboxylic acids is 1. The van der Waals surface area contributed by atoms with Crippen LogP contribution < -0.4 is 20.5 Å². The quantitative estimate of drug-likeness (QED) is 0.343. The smallest absolute Gasteiger partial charge is 0.234 e. The Hall–Kier alpha value is -2.79. The molecule has 0 spiro atoms. The number of nitrogens with two attached hydrogens (primary N) is 1. The molecule has 3 N–H and O–H groups in total. The molecule has 154 valence electrons. The molecular weight excluding hydrogens is 521 g/mol. The van der Waals surface area contributed by atoms with Gasteiger partial charge in [-0.15, -0.1) is 0 Å². The van der Waals surface area contributed by atoms with Gasteiger partial charge in [-0.1, -0.05) is 11.8 Å². The van der Waals surface area contributed by atoms with Gasteiger partial charge in [-0.25, -0.2) is 15.0 Å². The lowest BCUT2D eigenvalue weighted by atomic mass is 10.3. The minimum atomic E-state index is -0.288. The van der Waals surface area contributed by atoms with Crippen LogP contribution in [0.5, 0.6) is 11.5 Å². The van der Waals surface area contributed by atoms with Gasteiger partial charge in [0.15, 0.2) is 33.6 Å². The maximum atomic E-state index is 11.5. The first-order valence-electron chi connectivity index (χ1n) is 8.94. The molecule has 0 fully saturated rings. The van der Waals surface area contributed by atoms with Crippen molar-refractivity contribution in [1.82, 2.24) is 24.8 Å². The largest absolute Gasteiger partial charge is 0.454 e. The first-order valence-corrected chi connectivity index (χ1v) is 10.8. The Morgan fingerprint density at radius 3 is 2.97 bits per heavy atom. The predicted molar refractivity (Wildman–Crippen MR) is 117 cm³/mol. The molecule has 1 aliphatic heterocycles. The van der Waals surface area contributed by atoms with Crippen molar-refractivity contribution in [2.75, 3.05) is 19.1 Å². The van der Waals surface area contributed by atoms with Gasteiger partial charge in [-0.3, -0.25) is 4.79 Å². The summed E-state index contributed by atoms with van der Waals surface area (Å²) in [5.74, 6) is 1.44. The highest BCUT2D eigenvalue weighted by Gasteiger charge is 2.20. The van der Waals surface area contributed by atoms with E-state index in [4.69, 9.17) is 20.5 Å². The van der Waals surface area contributed by atoms with Gasteiger partial charge in [0, 0.05) is 21.6 Å². The third-order valence-corrected chi connectivity index (χ3v) is 6.58. The second-order valence-corrected chi connectivity index (χ2v) is 8.42. The zero-order valence-electron chi connectivity index (χ0n) is 15.6. The van der Waals surface area contributed by atoms with E-state index in [0.717, 1.165) is 14.2 Å². The summed E-state index contributed by atoms with van der Waals surface area (Å²) in [4.78, 5) is 25.5. The maximum absolute atomic E-state index is 11.5. The topological polar surface area (TPSA) is 141 Å². The molecule has 2 aromatic heterocycles. The Kier molecular flexibility index (Phi) is 6.09. The van der Waals surface area contributed by atoms with Crippen LogP contribution in [0.4, 0.5) is 5.82 Å². The van der Waals surface area contributed by atoms with Crippen LogP contribution in [0.3, 0.4) is 0 Å². The van der Waals surface area contributed by atoms with Gasteiger partial charge in [0.05, 0.1) is 6.07 Å². The number of nitrogens with zero attached hydrogens (tertiary/aromatic N) is 5. The van der Waals surface area contributed by atoms with E-state index >= 15 is 0 Å². The third kappa shape index (κ3) is 4.21. The molecule has 3 aromatic rings. The normalized spacial score (nSPS) is 12.1. The second kappa shape index (κ2) is 8.92. The first-order chi connectivity index (χ1) is 14.6. The van der Waals surface area contributed by atoms with Gasteiger partial charge >= 0.3 is 0 Å². The second-order valence-electron chi connectivity index (χ2n) is 6.25. The van der Waals surface area contributed by atoms with Gasteiger partial charge < -0.3 is 25.1 Å². The number of imidazole rings is 1. The summed E-state index contributed by atoms with van der Waals surface area (Å²) in [5, 5.41) is 12.0. The Morgan fingerprint density at radius 2 is 2.17 bits per heavy atom. The number of hydrogen-bond donors (Lipinski definition) is 2. The molecule has 4 rings (SSSR count). The molecule has 0 aliphatic carbocycles. The van der Waals surface area contributed by atoms with Crippen molar-refractivity contribution in [2.24, 2.45) is 0 Å². The van der Waals surface area contributed by atoms with E-state index in [9.17, 15) is 4.79 Å². The molecule has 3 heterocycles. The van der Waals surface area contributed by atoms with Crippen molar-refractivity contribution in [2.45, 2.75) is 29.4 Å². The summed E-state index contributed by atoms with van der Waals surface area (Å²) in [6.07, 6.45) is 1.89. The number of ether oxygens (including phenoxy) is 2. The van der Waals surface area contributed by atoms with E-state index in [1.807, 2.05) is 22.8 Å². The summed E-state index contributed by atoms with van der Waals surface area (Å²) < 4.78 is 13.9. The molecule has 0 atom stereocenters. The number of benzene rings is 1. The summed E-state index contributed by atoms with van der Waals surface area (Å²) >= 11 is 3.72. The molecular formula is C18H16IN7O3S. The number of halogens is 1. The molecule has 0 radical (unpaired) electrons. The third-order valence-electron chi connectivity index (χ3n) is 4.27. The van der Waals surface area contributed by atoms with Crippen LogP contribution in [-0.2, 0) is 11.3 Å². The number of hydrogen-bond acceptors (Lipinski definition) is 9. The van der Waals surface area contributed by atoms with E-state index in [1.54, 1.807) is 0 Å². The van der Waals surface area contributed by atoms with Crippen molar-refractivity contribution in [3.05, 3.63) is 22.0 Å². The number of rotatable bonds is 7. The number of nitrogens with one attached hydrogen (secondary N) is 1. The van der Waals surface area contributed by atoms with E-state index in [-0.39, 0.29) is 19.1 Å². The molecule has 0 unspecified atom stereocenters. The highest BCUT2D eigenvalue weighted by atomic mass is 127. The molecule has 0 saturated carbocycles. The Balaban J connectivity index is 1.60. The molecule has 30 heavy (non-hydrogen) atoms. The minimum Gasteiger partial charge on any atom is -0.454 e. The fraction of sp³-hybridized carbons (Fsp3) is 0.278. The Morgan fingerprint density at radius 1 is 1.37 bits per heavy atom. The maximum Gasteiger partial charge on any atom is 0.234 e. The van der Waals surface area contributed by atoms with Crippen LogP contribution in [-0.4, -0.2) is 38.8 Å². The summed E-state index contributed by atoms with van der Waals surface area (Å²) in [5.41, 5.74) is 7.16. The number of fused-ring (bicyclic) bond motifs is 2. The summed E-state index contributed by atoms with van der Waals surface area (Å²) in [6.45, 7) is 1.21. The fourth-order valence-corrected chi connectivity index (χ4v) is 4.60. The number of carbonyl (C=O) groups is 1. The van der Waals surface area contributed by atoms with Crippen molar-refractivity contribution >= 4 is 57.2 Å². The molecule has 0 bridgehead atoms. The van der Waals surface area contributed by atoms with E-state index in [2.05, 4.69) is 42.9 Å². The van der Waals surface area contributed by atoms with Crippen molar-refractivity contribution in [3.63, 3.8) is 0 Å². The first kappa shape index (κ1) is 20.5. The van der Waals surface area contributed by atoms with Crippen LogP contribution in [0.2, 0.25) is 0 Å². The van der Waals surface area contributed by atoms with Crippen LogP contribution in [0.25, 0.3) is 11.2 Å². The van der Waals surface area contributed by atoms with Crippen LogP contribution >= 0.6 is 34.4 Å². The van der Waals surface area contributed by atoms with Gasteiger partial charge in [0.1, 0.15) is 12.7 Å². The van der Waals surface area contributed by atoms with Crippen molar-refractivity contribution in [3.8, 4) is 17.6 Å². The van der Waals surface area contributed by atoms with Crippen LogP contribution in [0.1, 0.15) is 12.8 Å². The number of aromatic nitrogens is 4. The van der Waals surface area contributed by atoms with E-state index < -0.39 is 0 Å². The zero-order chi connectivity index (χ0) is 21.1. The highest BCUT2D eigenvalue weighted by molar-refractivity contribution is 14.1. The number of nitriles is 1. The Bertz CT molecular complexity index is 1160. The zero-order valence-corrected chi connectivity index (χ0v) is 18.6. The minimum absolute atomic E-state index is 0.151. The predicted octanol–water partition coefficient (Wildman–Crippen LogP) is 2.31. The van der Waals surface area contributed by atoms with Crippen molar-refractivity contribution in [1.29, 1.82) is 5.26 Å². The summed E-state index contributed by atoms with van der Waals surface area (Å²) in [6, 6.07) is 5.68. The monoisotopic (exact) mass is 537 g/mol. The van der Waals surface area contributed by atoms with Gasteiger partial charge in [-0.05, 0) is 41.1 Å². The molecule has 1 aliphatic rings. The fourth-order valence-electron chi connectivity index (χ4n) is 2.89. The number of amides is 1. The number of nitrogen functional groups attached to an aromatic ring is 1. The standard InChI is InChI=1S/C18H16IN7O3S/c19-10-6-11-12(29-9-28-11)7-13(10)30-18-25-15-16(21)23-8-24-17(15)26(18)5-1-4-22-14(27)2-3-20/h6-8H,1-2,4-5,9H2,(H,22,27)(H2,21,23,24). The molecule has 10 nitrogen and oxygen atoms in total. The SMILES string of the molecule is N#CCC(=O)NCCCn1c(Sc2cc3c(cc2I)OCO3)nc2c(N)ncnc21. The molecule has 1 aromatic carbocycles.